The molecule has 3 heterocycles. The summed E-state index contributed by atoms with van der Waals surface area (Å²) in [6.45, 7) is 7.21. The highest BCUT2D eigenvalue weighted by molar-refractivity contribution is 5.76. The van der Waals surface area contributed by atoms with Crippen molar-refractivity contribution in [3.63, 3.8) is 0 Å². The molecule has 1 amide bonds. The second-order valence-corrected chi connectivity index (χ2v) is 7.36. The van der Waals surface area contributed by atoms with E-state index in [1.54, 1.807) is 6.26 Å². The van der Waals surface area contributed by atoms with E-state index >= 15 is 0 Å². The lowest BCUT2D eigenvalue weighted by molar-refractivity contribution is -0.121. The summed E-state index contributed by atoms with van der Waals surface area (Å²) in [6, 6.07) is 6.13. The van der Waals surface area contributed by atoms with E-state index in [1.807, 2.05) is 30.7 Å². The van der Waals surface area contributed by atoms with Gasteiger partial charge in [0.25, 0.3) is 0 Å². The molecule has 28 heavy (non-hydrogen) atoms. The Labute approximate surface area is 166 Å². The van der Waals surface area contributed by atoms with E-state index in [0.717, 1.165) is 35.8 Å². The Kier molecular flexibility index (Phi) is 6.88. The second-order valence-electron chi connectivity index (χ2n) is 7.36. The van der Waals surface area contributed by atoms with E-state index in [1.165, 1.54) is 12.8 Å². The van der Waals surface area contributed by atoms with E-state index < -0.39 is 0 Å². The Morgan fingerprint density at radius 1 is 1.39 bits per heavy atom. The van der Waals surface area contributed by atoms with E-state index in [2.05, 4.69) is 21.4 Å². The highest BCUT2D eigenvalue weighted by Crippen LogP contribution is 2.25. The Morgan fingerprint density at radius 3 is 2.86 bits per heavy atom. The van der Waals surface area contributed by atoms with E-state index in [9.17, 15) is 4.79 Å². The van der Waals surface area contributed by atoms with Crippen LogP contribution in [0.15, 0.2) is 22.8 Å². The number of nitrogens with zero attached hydrogens (tertiary/aromatic N) is 4. The third kappa shape index (κ3) is 4.82. The molecule has 0 spiro atoms. The first kappa shape index (κ1) is 20.2. The number of nitrogens with one attached hydrogen (secondary N) is 1. The number of furan rings is 1. The molecule has 1 saturated heterocycles. The van der Waals surface area contributed by atoms with Crippen LogP contribution in [0.4, 0.5) is 0 Å². The minimum Gasteiger partial charge on any atom is -0.468 e. The lowest BCUT2D eigenvalue weighted by atomic mass is 10.1. The monoisotopic (exact) mass is 383 g/mol. The summed E-state index contributed by atoms with van der Waals surface area (Å²) in [7, 11) is 0. The summed E-state index contributed by atoms with van der Waals surface area (Å²) >= 11 is 0. The number of nitriles is 1. The van der Waals surface area contributed by atoms with Crippen molar-refractivity contribution in [1.82, 2.24) is 20.0 Å². The van der Waals surface area contributed by atoms with Crippen LogP contribution in [0.5, 0.6) is 0 Å². The van der Waals surface area contributed by atoms with Gasteiger partial charge in [0, 0.05) is 18.7 Å². The molecule has 1 aliphatic rings. The maximum Gasteiger partial charge on any atom is 0.220 e. The number of aromatic nitrogens is 2. The molecule has 2 aromatic rings. The number of aryl methyl sites for hydroxylation is 2. The zero-order valence-electron chi connectivity index (χ0n) is 16.8. The maximum atomic E-state index is 12.5. The minimum absolute atomic E-state index is 0.0410. The summed E-state index contributed by atoms with van der Waals surface area (Å²) < 4.78 is 7.48. The number of carbonyl (C=O) groups excluding carboxylic acids is 1. The molecular formula is C21H29N5O2. The first-order valence-electron chi connectivity index (χ1n) is 10.0. The summed E-state index contributed by atoms with van der Waals surface area (Å²) in [5.74, 6) is 0.951. The normalized spacial score (nSPS) is 15.5. The molecule has 150 valence electrons. The van der Waals surface area contributed by atoms with Crippen LogP contribution in [-0.2, 0) is 17.8 Å². The van der Waals surface area contributed by atoms with Crippen molar-refractivity contribution >= 4 is 5.91 Å². The molecule has 3 rings (SSSR count). The van der Waals surface area contributed by atoms with Crippen LogP contribution in [0, 0.1) is 25.2 Å². The van der Waals surface area contributed by atoms with Crippen LogP contribution in [0.3, 0.4) is 0 Å². The van der Waals surface area contributed by atoms with Crippen LogP contribution in [0.2, 0.25) is 0 Å². The number of hydrogen-bond acceptors (Lipinski definition) is 5. The lowest BCUT2D eigenvalue weighted by Gasteiger charge is -2.26. The van der Waals surface area contributed by atoms with Crippen LogP contribution in [0.25, 0.3) is 0 Å². The fourth-order valence-corrected chi connectivity index (χ4v) is 3.95. The smallest absolute Gasteiger partial charge is 0.220 e. The van der Waals surface area contributed by atoms with Gasteiger partial charge in [-0.05, 0) is 63.9 Å². The van der Waals surface area contributed by atoms with Crippen molar-refractivity contribution in [2.75, 3.05) is 19.6 Å². The maximum absolute atomic E-state index is 12.5. The number of likely N-dealkylation sites (tertiary alicyclic amines) is 1. The van der Waals surface area contributed by atoms with Gasteiger partial charge in [-0.1, -0.05) is 0 Å². The van der Waals surface area contributed by atoms with Gasteiger partial charge in [0.05, 0.1) is 37.0 Å². The van der Waals surface area contributed by atoms with Gasteiger partial charge in [0.15, 0.2) is 0 Å². The Morgan fingerprint density at radius 2 is 2.18 bits per heavy atom. The molecule has 0 radical (unpaired) electrons. The molecule has 1 N–H and O–H groups in total. The summed E-state index contributed by atoms with van der Waals surface area (Å²) in [5, 5.41) is 16.4. The van der Waals surface area contributed by atoms with Crippen molar-refractivity contribution in [1.29, 1.82) is 5.26 Å². The second kappa shape index (κ2) is 9.56. The number of carbonyl (C=O) groups is 1. The SMILES string of the molecule is Cc1nn(CCC#N)c(C)c1CCC(=O)NCC(c1ccco1)N1CCCC1. The fraction of sp³-hybridized carbons (Fsp3) is 0.571. The van der Waals surface area contributed by atoms with Gasteiger partial charge < -0.3 is 9.73 Å². The van der Waals surface area contributed by atoms with Crippen LogP contribution in [-0.4, -0.2) is 40.2 Å². The first-order valence-corrected chi connectivity index (χ1v) is 10.0. The highest BCUT2D eigenvalue weighted by atomic mass is 16.3. The lowest BCUT2D eigenvalue weighted by Crippen LogP contribution is -2.36. The predicted octanol–water partition coefficient (Wildman–Crippen LogP) is 2.89. The minimum atomic E-state index is 0.0410. The zero-order valence-corrected chi connectivity index (χ0v) is 16.8. The van der Waals surface area contributed by atoms with Crippen molar-refractivity contribution in [2.45, 2.75) is 58.5 Å². The van der Waals surface area contributed by atoms with Gasteiger partial charge in [-0.3, -0.25) is 14.4 Å². The van der Waals surface area contributed by atoms with Crippen molar-refractivity contribution in [3.05, 3.63) is 41.1 Å². The number of amides is 1. The molecule has 0 saturated carbocycles. The highest BCUT2D eigenvalue weighted by Gasteiger charge is 2.26. The standard InChI is InChI=1S/C21H29N5O2/c1-16-18(17(2)26(24-16)13-6-10-22)8-9-21(27)23-15-19(20-7-5-14-28-20)25-11-3-4-12-25/h5,7,14,19H,3-4,6,8-9,11-13,15H2,1-2H3,(H,23,27). The van der Waals surface area contributed by atoms with Gasteiger partial charge in [0.2, 0.25) is 5.91 Å². The molecular weight excluding hydrogens is 354 g/mol. The van der Waals surface area contributed by atoms with Gasteiger partial charge >= 0.3 is 0 Å². The van der Waals surface area contributed by atoms with E-state index in [4.69, 9.17) is 9.68 Å². The largest absolute Gasteiger partial charge is 0.468 e. The van der Waals surface area contributed by atoms with E-state index in [0.29, 0.717) is 32.4 Å². The zero-order chi connectivity index (χ0) is 19.9. The number of hydrogen-bond donors (Lipinski definition) is 1. The van der Waals surface area contributed by atoms with Crippen molar-refractivity contribution in [3.8, 4) is 6.07 Å². The molecule has 1 fully saturated rings. The van der Waals surface area contributed by atoms with Crippen molar-refractivity contribution in [2.24, 2.45) is 0 Å². The van der Waals surface area contributed by atoms with Gasteiger partial charge in [0.1, 0.15) is 5.76 Å². The molecule has 0 aliphatic carbocycles. The topological polar surface area (TPSA) is 87.1 Å². The molecule has 0 aromatic carbocycles. The van der Waals surface area contributed by atoms with E-state index in [-0.39, 0.29) is 11.9 Å². The Bertz CT molecular complexity index is 813. The van der Waals surface area contributed by atoms with Crippen LogP contribution in [0.1, 0.15) is 54.4 Å². The first-order chi connectivity index (χ1) is 13.6. The Hall–Kier alpha value is -2.59. The summed E-state index contributed by atoms with van der Waals surface area (Å²) in [6.07, 6.45) is 5.60. The molecule has 0 bridgehead atoms. The van der Waals surface area contributed by atoms with Crippen LogP contribution < -0.4 is 5.32 Å². The Balaban J connectivity index is 1.54. The molecule has 7 nitrogen and oxygen atoms in total. The fourth-order valence-electron chi connectivity index (χ4n) is 3.95. The van der Waals surface area contributed by atoms with Gasteiger partial charge in [-0.15, -0.1) is 0 Å². The van der Waals surface area contributed by atoms with Crippen LogP contribution >= 0.6 is 0 Å². The molecule has 1 unspecified atom stereocenters. The number of rotatable bonds is 9. The average Bonchev–Trinajstić information content (AvgIpc) is 3.43. The molecule has 1 atom stereocenters. The molecule has 1 aliphatic heterocycles. The third-order valence-electron chi connectivity index (χ3n) is 5.51. The third-order valence-corrected chi connectivity index (χ3v) is 5.51. The predicted molar refractivity (Wildman–Crippen MR) is 106 cm³/mol. The molecule has 2 aromatic heterocycles. The average molecular weight is 383 g/mol. The van der Waals surface area contributed by atoms with Crippen molar-refractivity contribution < 1.29 is 9.21 Å². The molecule has 7 heteroatoms. The summed E-state index contributed by atoms with van der Waals surface area (Å²) in [4.78, 5) is 14.9. The summed E-state index contributed by atoms with van der Waals surface area (Å²) in [5.41, 5.74) is 3.09. The van der Waals surface area contributed by atoms with Gasteiger partial charge in [-0.25, -0.2) is 0 Å². The van der Waals surface area contributed by atoms with Gasteiger partial charge in [-0.2, -0.15) is 10.4 Å². The quantitative estimate of drug-likeness (QED) is 0.719.